The number of pyridine rings is 1. The molecule has 0 N–H and O–H groups in total. The van der Waals surface area contributed by atoms with Crippen molar-refractivity contribution in [1.29, 1.82) is 0 Å². The topological polar surface area (TPSA) is 57.0 Å². The monoisotopic (exact) mass is 487 g/mol. The molecule has 8 heteroatoms. The predicted molar refractivity (Wildman–Crippen MR) is 136 cm³/mol. The van der Waals surface area contributed by atoms with Crippen LogP contribution in [0.3, 0.4) is 0 Å². The third-order valence-electron chi connectivity index (χ3n) is 6.04. The van der Waals surface area contributed by atoms with E-state index >= 15 is 0 Å². The minimum Gasteiger partial charge on any atom is -0.414 e. The van der Waals surface area contributed by atoms with Crippen LogP contribution < -0.4 is 5.56 Å². The first kappa shape index (κ1) is 24.7. The van der Waals surface area contributed by atoms with Gasteiger partial charge >= 0.3 is 0 Å². The molecule has 0 aliphatic carbocycles. The van der Waals surface area contributed by atoms with E-state index in [1.165, 1.54) is 11.8 Å². The molecular weight excluding hydrogens is 458 g/mol. The summed E-state index contributed by atoms with van der Waals surface area (Å²) in [7, 11) is -2.01. The van der Waals surface area contributed by atoms with Crippen LogP contribution in [0.1, 0.15) is 32.4 Å². The molecular formula is C24H30ClN3O2SSi. The molecule has 170 valence electrons. The molecule has 3 rings (SSSR count). The van der Waals surface area contributed by atoms with Crippen LogP contribution in [-0.2, 0) is 4.43 Å². The lowest BCUT2D eigenvalue weighted by molar-refractivity contribution is 0.246. The van der Waals surface area contributed by atoms with Gasteiger partial charge in [-0.1, -0.05) is 56.3 Å². The lowest BCUT2D eigenvalue weighted by Crippen LogP contribution is -2.43. The van der Waals surface area contributed by atoms with Crippen molar-refractivity contribution in [2.24, 2.45) is 0 Å². The Hall–Kier alpha value is -1.93. The average Bonchev–Trinajstić information content (AvgIpc) is 2.74. The first-order valence-corrected chi connectivity index (χ1v) is 15.0. The number of hydrogen-bond donors (Lipinski definition) is 0. The highest BCUT2D eigenvalue weighted by molar-refractivity contribution is 7.98. The first-order chi connectivity index (χ1) is 15.0. The Labute approximate surface area is 200 Å². The number of aromatic nitrogens is 3. The van der Waals surface area contributed by atoms with E-state index in [1.807, 2.05) is 48.9 Å². The van der Waals surface area contributed by atoms with E-state index in [-0.39, 0.29) is 16.6 Å². The summed E-state index contributed by atoms with van der Waals surface area (Å²) in [5.41, 5.74) is 2.32. The fourth-order valence-corrected chi connectivity index (χ4v) is 4.62. The molecule has 0 aliphatic rings. The molecule has 0 spiro atoms. The Morgan fingerprint density at radius 3 is 2.56 bits per heavy atom. The van der Waals surface area contributed by atoms with Gasteiger partial charge in [-0.25, -0.2) is 9.97 Å². The summed E-state index contributed by atoms with van der Waals surface area (Å²) in [6, 6.07) is 12.7. The fourth-order valence-electron chi connectivity index (χ4n) is 3.06. The molecule has 0 unspecified atom stereocenters. The summed E-state index contributed by atoms with van der Waals surface area (Å²) in [5, 5.41) is 1.38. The number of thioether (sulfide) groups is 1. The van der Waals surface area contributed by atoms with Crippen LogP contribution >= 0.6 is 23.4 Å². The number of benzene rings is 1. The van der Waals surface area contributed by atoms with Gasteiger partial charge in [0.1, 0.15) is 0 Å². The Bertz CT molecular complexity index is 1140. The second-order valence-corrected chi connectivity index (χ2v) is 15.3. The average molecular weight is 488 g/mol. The largest absolute Gasteiger partial charge is 0.414 e. The Morgan fingerprint density at radius 1 is 1.19 bits per heavy atom. The second kappa shape index (κ2) is 9.91. The van der Waals surface area contributed by atoms with Crippen molar-refractivity contribution in [1.82, 2.24) is 14.5 Å². The summed E-state index contributed by atoms with van der Waals surface area (Å²) in [6.45, 7) is 11.5. The van der Waals surface area contributed by atoms with Gasteiger partial charge in [0.25, 0.3) is 5.56 Å². The molecule has 32 heavy (non-hydrogen) atoms. The highest BCUT2D eigenvalue weighted by Gasteiger charge is 2.38. The molecule has 1 atom stereocenters. The molecule has 5 nitrogen and oxygen atoms in total. The van der Waals surface area contributed by atoms with E-state index in [0.717, 1.165) is 16.8 Å². The van der Waals surface area contributed by atoms with Crippen LogP contribution in [0, 0.1) is 0 Å². The maximum absolute atomic E-state index is 13.2. The Kier molecular flexibility index (Phi) is 7.65. The van der Waals surface area contributed by atoms with Gasteiger partial charge in [-0.15, -0.1) is 0 Å². The lowest BCUT2D eigenvalue weighted by atomic mass is 10.1. The van der Waals surface area contributed by atoms with Crippen molar-refractivity contribution in [3.63, 3.8) is 0 Å². The zero-order valence-corrected chi connectivity index (χ0v) is 22.0. The second-order valence-electron chi connectivity index (χ2n) is 9.23. The van der Waals surface area contributed by atoms with Crippen molar-refractivity contribution in [2.75, 3.05) is 12.9 Å². The van der Waals surface area contributed by atoms with Gasteiger partial charge < -0.3 is 8.99 Å². The van der Waals surface area contributed by atoms with Crippen LogP contribution in [0.15, 0.2) is 64.8 Å². The standard InChI is InChI=1S/C24H30ClN3O2SSi/c1-24(2,3)32(5,6)30-16-21(18-8-7-9-19(25)14-18)28-13-11-17(15-22(28)29)20-10-12-26-23(27-20)31-4/h7-15,21H,16H2,1-6H3/t21-/m1/s1. The number of hydrogen-bond acceptors (Lipinski definition) is 5. The molecule has 0 fully saturated rings. The number of nitrogens with zero attached hydrogens (tertiary/aromatic N) is 3. The Balaban J connectivity index is 2.00. The van der Waals surface area contributed by atoms with Gasteiger partial charge in [0.15, 0.2) is 13.5 Å². The maximum atomic E-state index is 13.2. The SMILES string of the molecule is CSc1nccc(-c2ccn([C@H](CO[Si](C)(C)C(C)(C)C)c3cccc(Cl)c3)c(=O)c2)n1. The van der Waals surface area contributed by atoms with Gasteiger partial charge in [0.05, 0.1) is 18.3 Å². The third kappa shape index (κ3) is 5.70. The minimum atomic E-state index is -2.01. The maximum Gasteiger partial charge on any atom is 0.251 e. The highest BCUT2D eigenvalue weighted by atomic mass is 35.5. The molecule has 0 saturated carbocycles. The van der Waals surface area contributed by atoms with E-state index in [9.17, 15) is 4.79 Å². The van der Waals surface area contributed by atoms with Crippen molar-refractivity contribution in [3.8, 4) is 11.3 Å². The number of halogens is 1. The smallest absolute Gasteiger partial charge is 0.251 e. The third-order valence-corrected chi connectivity index (χ3v) is 11.3. The quantitative estimate of drug-likeness (QED) is 0.222. The van der Waals surface area contributed by atoms with Gasteiger partial charge in [0, 0.05) is 29.0 Å². The van der Waals surface area contributed by atoms with Gasteiger partial charge in [-0.05, 0) is 54.2 Å². The van der Waals surface area contributed by atoms with Crippen LogP contribution in [0.4, 0.5) is 0 Å². The fraction of sp³-hybridized carbons (Fsp3) is 0.375. The Morgan fingerprint density at radius 2 is 1.94 bits per heavy atom. The molecule has 2 heterocycles. The van der Waals surface area contributed by atoms with E-state index in [4.69, 9.17) is 16.0 Å². The molecule has 2 aromatic heterocycles. The van der Waals surface area contributed by atoms with Gasteiger partial charge in [-0.3, -0.25) is 4.79 Å². The molecule has 1 aromatic carbocycles. The summed E-state index contributed by atoms with van der Waals surface area (Å²) in [5.74, 6) is 0. The predicted octanol–water partition coefficient (Wildman–Crippen LogP) is 6.29. The van der Waals surface area contributed by atoms with E-state index in [0.29, 0.717) is 16.8 Å². The lowest BCUT2D eigenvalue weighted by Gasteiger charge is -2.37. The van der Waals surface area contributed by atoms with Crippen molar-refractivity contribution < 1.29 is 4.43 Å². The van der Waals surface area contributed by atoms with Crippen LogP contribution in [0.25, 0.3) is 11.3 Å². The van der Waals surface area contributed by atoms with E-state index < -0.39 is 8.32 Å². The van der Waals surface area contributed by atoms with Crippen molar-refractivity contribution in [3.05, 3.63) is 75.8 Å². The highest BCUT2D eigenvalue weighted by Crippen LogP contribution is 2.37. The van der Waals surface area contributed by atoms with Crippen LogP contribution in [-0.4, -0.2) is 35.7 Å². The van der Waals surface area contributed by atoms with Crippen LogP contribution in [0.2, 0.25) is 23.2 Å². The molecule has 0 bridgehead atoms. The number of rotatable bonds is 7. The summed E-state index contributed by atoms with van der Waals surface area (Å²) in [4.78, 5) is 21.9. The normalized spacial score (nSPS) is 13.2. The molecule has 0 radical (unpaired) electrons. The zero-order valence-electron chi connectivity index (χ0n) is 19.4. The first-order valence-electron chi connectivity index (χ1n) is 10.5. The molecule has 3 aromatic rings. The van der Waals surface area contributed by atoms with E-state index in [2.05, 4.69) is 43.8 Å². The van der Waals surface area contributed by atoms with Crippen molar-refractivity contribution in [2.45, 2.75) is 50.1 Å². The van der Waals surface area contributed by atoms with Gasteiger partial charge in [-0.2, -0.15) is 0 Å². The zero-order chi connectivity index (χ0) is 23.5. The summed E-state index contributed by atoms with van der Waals surface area (Å²) in [6.07, 6.45) is 5.45. The summed E-state index contributed by atoms with van der Waals surface area (Å²) >= 11 is 7.75. The van der Waals surface area contributed by atoms with Crippen molar-refractivity contribution >= 4 is 31.7 Å². The minimum absolute atomic E-state index is 0.0721. The van der Waals surface area contributed by atoms with Gasteiger partial charge in [0.2, 0.25) is 0 Å². The molecule has 0 amide bonds. The van der Waals surface area contributed by atoms with Crippen LogP contribution in [0.5, 0.6) is 0 Å². The molecule has 0 aliphatic heterocycles. The summed E-state index contributed by atoms with van der Waals surface area (Å²) < 4.78 is 8.24. The van der Waals surface area contributed by atoms with E-state index in [1.54, 1.807) is 16.8 Å². The molecule has 0 saturated heterocycles.